The molecule has 1 fully saturated rings. The maximum Gasteiger partial charge on any atom is 0.197 e. The number of aromatic nitrogens is 6. The predicted octanol–water partition coefficient (Wildman–Crippen LogP) is 5.67. The maximum atomic E-state index is 4.89. The Balaban J connectivity index is 1.57. The van der Waals surface area contributed by atoms with Crippen LogP contribution in [0.4, 0.5) is 0 Å². The van der Waals surface area contributed by atoms with Gasteiger partial charge in [0.25, 0.3) is 0 Å². The van der Waals surface area contributed by atoms with Gasteiger partial charge in [-0.1, -0.05) is 43.5 Å². The molecule has 6 nitrogen and oxygen atoms in total. The number of hydrogen-bond acceptors (Lipinski definition) is 6. The van der Waals surface area contributed by atoms with Crippen molar-refractivity contribution in [1.82, 2.24) is 29.7 Å². The molecule has 0 saturated heterocycles. The first-order chi connectivity index (χ1) is 15.3. The van der Waals surface area contributed by atoms with Gasteiger partial charge in [-0.25, -0.2) is 9.97 Å². The molecule has 1 aliphatic rings. The molecule has 0 atom stereocenters. The summed E-state index contributed by atoms with van der Waals surface area (Å²) in [7, 11) is 0. The second-order valence-electron chi connectivity index (χ2n) is 7.79. The van der Waals surface area contributed by atoms with Gasteiger partial charge in [0.2, 0.25) is 0 Å². The van der Waals surface area contributed by atoms with E-state index in [0.717, 1.165) is 32.5 Å². The minimum Gasteiger partial charge on any atom is -0.302 e. The fraction of sp³-hybridized carbons (Fsp3) is 0.292. The number of pyridine rings is 1. The molecule has 0 N–H and O–H groups in total. The van der Waals surface area contributed by atoms with Crippen LogP contribution in [-0.2, 0) is 6.54 Å². The highest BCUT2D eigenvalue weighted by Crippen LogP contribution is 2.36. The van der Waals surface area contributed by atoms with Gasteiger partial charge in [0.15, 0.2) is 11.0 Å². The van der Waals surface area contributed by atoms with Crippen molar-refractivity contribution in [2.45, 2.75) is 54.7 Å². The lowest BCUT2D eigenvalue weighted by atomic mass is 9.89. The molecule has 0 amide bonds. The van der Waals surface area contributed by atoms with Gasteiger partial charge in [-0.3, -0.25) is 4.98 Å². The Bertz CT molecular complexity index is 1200. The Morgan fingerprint density at radius 2 is 1.90 bits per heavy atom. The lowest BCUT2D eigenvalue weighted by Gasteiger charge is -2.21. The number of fused-ring (bicyclic) bond motifs is 1. The Labute approximate surface area is 185 Å². The molecule has 7 heteroatoms. The molecule has 1 aliphatic carbocycles. The molecule has 0 bridgehead atoms. The summed E-state index contributed by atoms with van der Waals surface area (Å²) in [6, 6.07) is 12.0. The summed E-state index contributed by atoms with van der Waals surface area (Å²) < 4.78 is 2.20. The van der Waals surface area contributed by atoms with Gasteiger partial charge in [-0.05, 0) is 42.8 Å². The van der Waals surface area contributed by atoms with Crippen molar-refractivity contribution < 1.29 is 0 Å². The van der Waals surface area contributed by atoms with Gasteiger partial charge in [0, 0.05) is 35.8 Å². The van der Waals surface area contributed by atoms with Gasteiger partial charge in [-0.2, -0.15) is 0 Å². The fourth-order valence-electron chi connectivity index (χ4n) is 4.17. The van der Waals surface area contributed by atoms with E-state index >= 15 is 0 Å². The number of para-hydroxylation sites is 1. The highest BCUT2D eigenvalue weighted by atomic mass is 32.2. The van der Waals surface area contributed by atoms with Crippen molar-refractivity contribution in [3.63, 3.8) is 0 Å². The maximum absolute atomic E-state index is 4.89. The van der Waals surface area contributed by atoms with Crippen LogP contribution in [0.5, 0.6) is 0 Å². The standard InChI is InChI=1S/C24H24N6S/c1-2-15-30-22(17-9-4-3-5-10-17)28-29-24(30)31-23-19-12-6-7-13-20(19)26-21(27-23)18-11-8-14-25-16-18/h2,6-8,11-14,16-17H,1,3-5,9-10,15H2. The minimum atomic E-state index is 0.476. The highest BCUT2D eigenvalue weighted by Gasteiger charge is 2.24. The summed E-state index contributed by atoms with van der Waals surface area (Å²) in [6.45, 7) is 4.65. The molecule has 4 aromatic rings. The zero-order valence-electron chi connectivity index (χ0n) is 17.3. The number of allylic oxidation sites excluding steroid dienone is 1. The molecule has 0 aliphatic heterocycles. The Kier molecular flexibility index (Phi) is 5.76. The molecule has 1 aromatic carbocycles. The SMILES string of the molecule is C=CCn1c(Sc2nc(-c3cccnc3)nc3ccccc23)nnc1C1CCCCC1. The van der Waals surface area contributed by atoms with Crippen LogP contribution in [0.3, 0.4) is 0 Å². The molecule has 3 aromatic heterocycles. The summed E-state index contributed by atoms with van der Waals surface area (Å²) in [4.78, 5) is 13.9. The topological polar surface area (TPSA) is 69.4 Å². The third kappa shape index (κ3) is 4.10. The van der Waals surface area contributed by atoms with Crippen LogP contribution in [-0.4, -0.2) is 29.7 Å². The number of hydrogen-bond donors (Lipinski definition) is 0. The largest absolute Gasteiger partial charge is 0.302 e. The zero-order chi connectivity index (χ0) is 21.0. The van der Waals surface area contributed by atoms with Gasteiger partial charge in [0.1, 0.15) is 10.9 Å². The van der Waals surface area contributed by atoms with Crippen molar-refractivity contribution in [2.24, 2.45) is 0 Å². The van der Waals surface area contributed by atoms with E-state index in [-0.39, 0.29) is 0 Å². The lowest BCUT2D eigenvalue weighted by molar-refractivity contribution is 0.415. The van der Waals surface area contributed by atoms with Crippen molar-refractivity contribution >= 4 is 22.7 Å². The summed E-state index contributed by atoms with van der Waals surface area (Å²) in [5.41, 5.74) is 1.80. The van der Waals surface area contributed by atoms with E-state index in [0.29, 0.717) is 18.3 Å². The molecule has 0 radical (unpaired) electrons. The van der Waals surface area contributed by atoms with E-state index < -0.39 is 0 Å². The van der Waals surface area contributed by atoms with Crippen molar-refractivity contribution in [2.75, 3.05) is 0 Å². The van der Waals surface area contributed by atoms with Crippen molar-refractivity contribution in [3.8, 4) is 11.4 Å². The molecule has 156 valence electrons. The summed E-state index contributed by atoms with van der Waals surface area (Å²) in [5, 5.41) is 11.9. The van der Waals surface area contributed by atoms with Crippen LogP contribution in [0.15, 0.2) is 71.6 Å². The van der Waals surface area contributed by atoms with E-state index in [2.05, 4.69) is 32.4 Å². The molecule has 3 heterocycles. The Morgan fingerprint density at radius 3 is 2.71 bits per heavy atom. The molecule has 5 rings (SSSR count). The average Bonchev–Trinajstić information content (AvgIpc) is 3.22. The number of rotatable bonds is 6. The molecule has 0 unspecified atom stereocenters. The Morgan fingerprint density at radius 1 is 1.03 bits per heavy atom. The first kappa shape index (κ1) is 19.9. The van der Waals surface area contributed by atoms with Crippen molar-refractivity contribution in [1.29, 1.82) is 0 Å². The molecular weight excluding hydrogens is 404 g/mol. The van der Waals surface area contributed by atoms with Gasteiger partial charge in [0.05, 0.1) is 5.52 Å². The third-order valence-corrected chi connectivity index (χ3v) is 6.69. The smallest absolute Gasteiger partial charge is 0.197 e. The van der Waals surface area contributed by atoms with E-state index in [1.165, 1.54) is 32.1 Å². The second-order valence-corrected chi connectivity index (χ2v) is 8.74. The van der Waals surface area contributed by atoms with Crippen LogP contribution < -0.4 is 0 Å². The van der Waals surface area contributed by atoms with Gasteiger partial charge in [-0.15, -0.1) is 16.8 Å². The third-order valence-electron chi connectivity index (χ3n) is 5.70. The van der Waals surface area contributed by atoms with Gasteiger partial charge < -0.3 is 4.57 Å². The summed E-state index contributed by atoms with van der Waals surface area (Å²) in [6.07, 6.45) is 11.7. The van der Waals surface area contributed by atoms with Gasteiger partial charge >= 0.3 is 0 Å². The summed E-state index contributed by atoms with van der Waals surface area (Å²) in [5.74, 6) is 2.22. The quantitative estimate of drug-likeness (QED) is 0.291. The van der Waals surface area contributed by atoms with E-state index in [4.69, 9.17) is 9.97 Å². The van der Waals surface area contributed by atoms with Crippen LogP contribution in [0, 0.1) is 0 Å². The second kappa shape index (κ2) is 8.98. The van der Waals surface area contributed by atoms with E-state index in [1.807, 2.05) is 36.4 Å². The number of nitrogens with zero attached hydrogens (tertiary/aromatic N) is 6. The molecule has 31 heavy (non-hydrogen) atoms. The Hall–Kier alpha value is -3.06. The summed E-state index contributed by atoms with van der Waals surface area (Å²) >= 11 is 1.55. The minimum absolute atomic E-state index is 0.476. The monoisotopic (exact) mass is 428 g/mol. The van der Waals surface area contributed by atoms with Crippen LogP contribution in [0.2, 0.25) is 0 Å². The lowest BCUT2D eigenvalue weighted by Crippen LogP contribution is -2.12. The molecule has 0 spiro atoms. The molecule has 1 saturated carbocycles. The highest BCUT2D eigenvalue weighted by molar-refractivity contribution is 7.99. The average molecular weight is 429 g/mol. The van der Waals surface area contributed by atoms with E-state index in [1.54, 1.807) is 24.2 Å². The first-order valence-corrected chi connectivity index (χ1v) is 11.5. The zero-order valence-corrected chi connectivity index (χ0v) is 18.1. The van der Waals surface area contributed by atoms with E-state index in [9.17, 15) is 0 Å². The normalized spacial score (nSPS) is 14.7. The van der Waals surface area contributed by atoms with Crippen LogP contribution >= 0.6 is 11.8 Å². The number of benzene rings is 1. The molecular formula is C24H24N6S. The van der Waals surface area contributed by atoms with Crippen molar-refractivity contribution in [3.05, 3.63) is 67.3 Å². The first-order valence-electron chi connectivity index (χ1n) is 10.7. The van der Waals surface area contributed by atoms with Crippen LogP contribution in [0.1, 0.15) is 43.8 Å². The van der Waals surface area contributed by atoms with Crippen LogP contribution in [0.25, 0.3) is 22.3 Å². The predicted molar refractivity (Wildman–Crippen MR) is 123 cm³/mol. The fourth-order valence-corrected chi connectivity index (χ4v) is 5.12.